The molecule has 1 aliphatic rings. The predicted octanol–water partition coefficient (Wildman–Crippen LogP) is 3.28. The number of fused-ring (bicyclic) bond motifs is 2. The fourth-order valence-electron chi connectivity index (χ4n) is 3.16. The SMILES string of the molecule is CC(=O)N1CCOc2ccc(-c3ccc4nc(C)[nH]c4c3)cc2C1. The maximum Gasteiger partial charge on any atom is 0.219 e. The highest BCUT2D eigenvalue weighted by atomic mass is 16.5. The van der Waals surface area contributed by atoms with Gasteiger partial charge in [-0.15, -0.1) is 0 Å². The van der Waals surface area contributed by atoms with Crippen molar-refractivity contribution in [3.63, 3.8) is 0 Å². The Hall–Kier alpha value is -2.82. The third kappa shape index (κ3) is 2.62. The molecule has 0 saturated heterocycles. The van der Waals surface area contributed by atoms with E-state index in [1.807, 2.05) is 24.0 Å². The van der Waals surface area contributed by atoms with Gasteiger partial charge in [0.2, 0.25) is 5.91 Å². The quantitative estimate of drug-likeness (QED) is 0.748. The molecule has 0 unspecified atom stereocenters. The number of rotatable bonds is 1. The first-order valence-electron chi connectivity index (χ1n) is 8.08. The molecule has 0 saturated carbocycles. The molecule has 5 nitrogen and oxygen atoms in total. The van der Waals surface area contributed by atoms with E-state index in [0.29, 0.717) is 19.7 Å². The minimum Gasteiger partial charge on any atom is -0.491 e. The van der Waals surface area contributed by atoms with Gasteiger partial charge in [0.05, 0.1) is 17.6 Å². The van der Waals surface area contributed by atoms with Gasteiger partial charge in [0.1, 0.15) is 18.2 Å². The number of ether oxygens (including phenoxy) is 1. The third-order valence-corrected chi connectivity index (χ3v) is 4.42. The molecule has 0 spiro atoms. The molecule has 5 heteroatoms. The Kier molecular flexibility index (Phi) is 3.49. The second kappa shape index (κ2) is 5.67. The molecule has 2 heterocycles. The molecule has 0 atom stereocenters. The van der Waals surface area contributed by atoms with E-state index in [4.69, 9.17) is 4.74 Å². The van der Waals surface area contributed by atoms with Gasteiger partial charge in [-0.2, -0.15) is 0 Å². The van der Waals surface area contributed by atoms with Crippen LogP contribution in [-0.4, -0.2) is 33.9 Å². The van der Waals surface area contributed by atoms with Crippen LogP contribution in [0.5, 0.6) is 5.75 Å². The first kappa shape index (κ1) is 14.8. The lowest BCUT2D eigenvalue weighted by Gasteiger charge is -2.17. The number of aromatic amines is 1. The third-order valence-electron chi connectivity index (χ3n) is 4.42. The molecule has 4 rings (SSSR count). The van der Waals surface area contributed by atoms with Gasteiger partial charge in [-0.1, -0.05) is 12.1 Å². The summed E-state index contributed by atoms with van der Waals surface area (Å²) in [6.07, 6.45) is 0. The highest BCUT2D eigenvalue weighted by Crippen LogP contribution is 2.30. The summed E-state index contributed by atoms with van der Waals surface area (Å²) in [6.45, 7) is 5.30. The Labute approximate surface area is 140 Å². The molecule has 1 amide bonds. The molecular weight excluding hydrogens is 302 g/mol. The van der Waals surface area contributed by atoms with Crippen molar-refractivity contribution in [1.82, 2.24) is 14.9 Å². The van der Waals surface area contributed by atoms with Gasteiger partial charge in [0, 0.05) is 19.0 Å². The van der Waals surface area contributed by atoms with Crippen LogP contribution in [-0.2, 0) is 11.3 Å². The van der Waals surface area contributed by atoms with Crippen LogP contribution in [0.15, 0.2) is 36.4 Å². The van der Waals surface area contributed by atoms with Crippen molar-refractivity contribution in [2.24, 2.45) is 0 Å². The molecule has 1 aliphatic heterocycles. The summed E-state index contributed by atoms with van der Waals surface area (Å²) < 4.78 is 5.78. The number of carbonyl (C=O) groups excluding carboxylic acids is 1. The van der Waals surface area contributed by atoms with E-state index >= 15 is 0 Å². The molecule has 0 bridgehead atoms. The number of benzene rings is 2. The average molecular weight is 321 g/mol. The van der Waals surface area contributed by atoms with Gasteiger partial charge < -0.3 is 14.6 Å². The van der Waals surface area contributed by atoms with Crippen molar-refractivity contribution >= 4 is 16.9 Å². The standard InChI is InChI=1S/C19H19N3O2/c1-12-20-17-5-3-15(10-18(17)21-12)14-4-6-19-16(9-14)11-22(13(2)23)7-8-24-19/h3-6,9-10H,7-8,11H2,1-2H3,(H,20,21). The van der Waals surface area contributed by atoms with E-state index < -0.39 is 0 Å². The lowest BCUT2D eigenvalue weighted by Crippen LogP contribution is -2.30. The van der Waals surface area contributed by atoms with Crippen LogP contribution in [0.1, 0.15) is 18.3 Å². The number of carbonyl (C=O) groups is 1. The number of H-pyrrole nitrogens is 1. The summed E-state index contributed by atoms with van der Waals surface area (Å²) in [5, 5.41) is 0. The molecule has 24 heavy (non-hydrogen) atoms. The van der Waals surface area contributed by atoms with Crippen LogP contribution in [0.4, 0.5) is 0 Å². The number of hydrogen-bond acceptors (Lipinski definition) is 3. The van der Waals surface area contributed by atoms with Crippen molar-refractivity contribution in [1.29, 1.82) is 0 Å². The van der Waals surface area contributed by atoms with Crippen LogP contribution in [0.25, 0.3) is 22.2 Å². The molecule has 1 N–H and O–H groups in total. The number of nitrogens with one attached hydrogen (secondary N) is 1. The molecule has 0 radical (unpaired) electrons. The van der Waals surface area contributed by atoms with Crippen LogP contribution >= 0.6 is 0 Å². The highest BCUT2D eigenvalue weighted by Gasteiger charge is 2.18. The maximum atomic E-state index is 11.7. The molecular formula is C19H19N3O2. The number of aryl methyl sites for hydroxylation is 1. The van der Waals surface area contributed by atoms with Crippen molar-refractivity contribution in [2.45, 2.75) is 20.4 Å². The minimum absolute atomic E-state index is 0.0752. The highest BCUT2D eigenvalue weighted by molar-refractivity contribution is 5.82. The van der Waals surface area contributed by atoms with E-state index in [1.54, 1.807) is 6.92 Å². The largest absolute Gasteiger partial charge is 0.491 e. The fourth-order valence-corrected chi connectivity index (χ4v) is 3.16. The normalized spacial score (nSPS) is 14.2. The molecule has 0 fully saturated rings. The van der Waals surface area contributed by atoms with Gasteiger partial charge in [-0.3, -0.25) is 4.79 Å². The summed E-state index contributed by atoms with van der Waals surface area (Å²) >= 11 is 0. The van der Waals surface area contributed by atoms with E-state index in [-0.39, 0.29) is 5.91 Å². The Morgan fingerprint density at radius 1 is 1.21 bits per heavy atom. The van der Waals surface area contributed by atoms with Crippen molar-refractivity contribution in [3.8, 4) is 16.9 Å². The molecule has 3 aromatic rings. The van der Waals surface area contributed by atoms with Gasteiger partial charge in [-0.05, 0) is 42.3 Å². The van der Waals surface area contributed by atoms with Gasteiger partial charge in [0.15, 0.2) is 0 Å². The zero-order chi connectivity index (χ0) is 16.7. The zero-order valence-electron chi connectivity index (χ0n) is 13.8. The van der Waals surface area contributed by atoms with Gasteiger partial charge in [0.25, 0.3) is 0 Å². The van der Waals surface area contributed by atoms with Gasteiger partial charge in [-0.25, -0.2) is 4.98 Å². The summed E-state index contributed by atoms with van der Waals surface area (Å²) in [6, 6.07) is 12.4. The summed E-state index contributed by atoms with van der Waals surface area (Å²) in [5.41, 5.74) is 5.27. The topological polar surface area (TPSA) is 58.2 Å². The zero-order valence-corrected chi connectivity index (χ0v) is 13.8. The van der Waals surface area contributed by atoms with Crippen LogP contribution in [0.2, 0.25) is 0 Å². The number of nitrogens with zero attached hydrogens (tertiary/aromatic N) is 2. The van der Waals surface area contributed by atoms with Crippen LogP contribution in [0, 0.1) is 6.92 Å². The molecule has 1 aromatic heterocycles. The average Bonchev–Trinajstić information content (AvgIpc) is 2.80. The molecule has 122 valence electrons. The Morgan fingerprint density at radius 2 is 2.00 bits per heavy atom. The lowest BCUT2D eigenvalue weighted by molar-refractivity contribution is -0.129. The molecule has 2 aromatic carbocycles. The summed E-state index contributed by atoms with van der Waals surface area (Å²) in [5.74, 6) is 1.85. The smallest absolute Gasteiger partial charge is 0.219 e. The van der Waals surface area contributed by atoms with Gasteiger partial charge >= 0.3 is 0 Å². The number of hydrogen-bond donors (Lipinski definition) is 1. The summed E-state index contributed by atoms with van der Waals surface area (Å²) in [7, 11) is 0. The number of imidazole rings is 1. The number of aromatic nitrogens is 2. The predicted molar refractivity (Wildman–Crippen MR) is 92.9 cm³/mol. The second-order valence-electron chi connectivity index (χ2n) is 6.17. The minimum atomic E-state index is 0.0752. The fraction of sp³-hybridized carbons (Fsp3) is 0.263. The Bertz CT molecular complexity index is 930. The van der Waals surface area contributed by atoms with Crippen molar-refractivity contribution < 1.29 is 9.53 Å². The van der Waals surface area contributed by atoms with Crippen LogP contribution < -0.4 is 4.74 Å². The monoisotopic (exact) mass is 321 g/mol. The van der Waals surface area contributed by atoms with Crippen molar-refractivity contribution in [2.75, 3.05) is 13.2 Å². The lowest BCUT2D eigenvalue weighted by atomic mass is 10.0. The van der Waals surface area contributed by atoms with Crippen LogP contribution in [0.3, 0.4) is 0 Å². The van der Waals surface area contributed by atoms with Crippen molar-refractivity contribution in [3.05, 3.63) is 47.8 Å². The number of amides is 1. The van der Waals surface area contributed by atoms with E-state index in [1.165, 1.54) is 0 Å². The maximum absolute atomic E-state index is 11.7. The first-order valence-corrected chi connectivity index (χ1v) is 8.08. The molecule has 0 aliphatic carbocycles. The van der Waals surface area contributed by atoms with E-state index in [9.17, 15) is 4.79 Å². The van der Waals surface area contributed by atoms with E-state index in [0.717, 1.165) is 39.3 Å². The van der Waals surface area contributed by atoms with E-state index in [2.05, 4.69) is 34.2 Å². The Morgan fingerprint density at radius 3 is 2.83 bits per heavy atom. The first-order chi connectivity index (χ1) is 11.6. The second-order valence-corrected chi connectivity index (χ2v) is 6.17. The summed E-state index contributed by atoms with van der Waals surface area (Å²) in [4.78, 5) is 21.3. The Balaban J connectivity index is 1.74.